The van der Waals surface area contributed by atoms with Crippen molar-refractivity contribution >= 4 is 11.3 Å². The minimum Gasteiger partial charge on any atom is -0.506 e. The van der Waals surface area contributed by atoms with Gasteiger partial charge < -0.3 is 10.4 Å². The maximum atomic E-state index is 9.09. The summed E-state index contributed by atoms with van der Waals surface area (Å²) in [6.45, 7) is 3.69. The van der Waals surface area contributed by atoms with E-state index in [-0.39, 0.29) is 5.75 Å². The summed E-state index contributed by atoms with van der Waals surface area (Å²) in [6.07, 6.45) is 1.47. The Morgan fingerprint density at radius 1 is 1.31 bits per heavy atom. The lowest BCUT2D eigenvalue weighted by molar-refractivity contribution is 0.471. The number of aryl methyl sites for hydroxylation is 1. The zero-order chi connectivity index (χ0) is 11.4. The SMILES string of the molecule is Cc1cscc1CNCc1ccc(O)cn1. The van der Waals surface area contributed by atoms with Crippen molar-refractivity contribution in [2.24, 2.45) is 0 Å². The van der Waals surface area contributed by atoms with E-state index < -0.39 is 0 Å². The second-order valence-electron chi connectivity index (χ2n) is 3.69. The van der Waals surface area contributed by atoms with Crippen LogP contribution in [0.5, 0.6) is 5.75 Å². The zero-order valence-corrected chi connectivity index (χ0v) is 9.92. The number of rotatable bonds is 4. The molecule has 0 spiro atoms. The molecule has 0 amide bonds. The summed E-state index contributed by atoms with van der Waals surface area (Å²) in [4.78, 5) is 4.11. The van der Waals surface area contributed by atoms with Gasteiger partial charge in [0.25, 0.3) is 0 Å². The molecule has 4 heteroatoms. The van der Waals surface area contributed by atoms with Crippen molar-refractivity contribution in [3.05, 3.63) is 45.9 Å². The first-order chi connectivity index (χ1) is 7.75. The molecule has 0 radical (unpaired) electrons. The van der Waals surface area contributed by atoms with Crippen LogP contribution in [0.15, 0.2) is 29.1 Å². The van der Waals surface area contributed by atoms with Gasteiger partial charge in [-0.3, -0.25) is 4.98 Å². The van der Waals surface area contributed by atoms with E-state index in [9.17, 15) is 0 Å². The summed E-state index contributed by atoms with van der Waals surface area (Å²) in [5.41, 5.74) is 3.60. The Morgan fingerprint density at radius 2 is 2.19 bits per heavy atom. The smallest absolute Gasteiger partial charge is 0.133 e. The molecule has 2 aromatic rings. The fourth-order valence-electron chi connectivity index (χ4n) is 1.41. The number of pyridine rings is 1. The number of aromatic hydroxyl groups is 1. The lowest BCUT2D eigenvalue weighted by atomic mass is 10.2. The van der Waals surface area contributed by atoms with Gasteiger partial charge in [-0.15, -0.1) is 0 Å². The largest absolute Gasteiger partial charge is 0.506 e. The van der Waals surface area contributed by atoms with Crippen molar-refractivity contribution in [1.82, 2.24) is 10.3 Å². The molecule has 0 atom stereocenters. The van der Waals surface area contributed by atoms with Gasteiger partial charge >= 0.3 is 0 Å². The fraction of sp³-hybridized carbons (Fsp3) is 0.250. The highest BCUT2D eigenvalue weighted by Gasteiger charge is 1.99. The molecule has 0 aromatic carbocycles. The number of nitrogens with zero attached hydrogens (tertiary/aromatic N) is 1. The van der Waals surface area contributed by atoms with Crippen LogP contribution in [0.2, 0.25) is 0 Å². The van der Waals surface area contributed by atoms with Gasteiger partial charge in [-0.05, 0) is 40.9 Å². The first-order valence-corrected chi connectivity index (χ1v) is 6.06. The van der Waals surface area contributed by atoms with Crippen molar-refractivity contribution in [3.63, 3.8) is 0 Å². The zero-order valence-electron chi connectivity index (χ0n) is 9.10. The number of hydrogen-bond donors (Lipinski definition) is 2. The predicted octanol–water partition coefficient (Wildman–Crippen LogP) is 2.45. The summed E-state index contributed by atoms with van der Waals surface area (Å²) in [7, 11) is 0. The highest BCUT2D eigenvalue weighted by Crippen LogP contribution is 2.13. The molecule has 0 bridgehead atoms. The lowest BCUT2D eigenvalue weighted by Crippen LogP contribution is -2.13. The average Bonchev–Trinajstić information content (AvgIpc) is 2.68. The van der Waals surface area contributed by atoms with Crippen LogP contribution in [-0.2, 0) is 13.1 Å². The molecule has 2 aromatic heterocycles. The highest BCUT2D eigenvalue weighted by molar-refractivity contribution is 7.08. The van der Waals surface area contributed by atoms with E-state index in [1.165, 1.54) is 17.3 Å². The van der Waals surface area contributed by atoms with Crippen LogP contribution in [0, 0.1) is 6.92 Å². The van der Waals surface area contributed by atoms with Crippen LogP contribution >= 0.6 is 11.3 Å². The second kappa shape index (κ2) is 5.09. The van der Waals surface area contributed by atoms with Crippen LogP contribution in [0.4, 0.5) is 0 Å². The first-order valence-electron chi connectivity index (χ1n) is 5.12. The number of hydrogen-bond acceptors (Lipinski definition) is 4. The van der Waals surface area contributed by atoms with E-state index in [2.05, 4.69) is 28.0 Å². The van der Waals surface area contributed by atoms with E-state index in [0.717, 1.165) is 18.8 Å². The molecule has 2 heterocycles. The topological polar surface area (TPSA) is 45.1 Å². The van der Waals surface area contributed by atoms with Crippen LogP contribution in [0.3, 0.4) is 0 Å². The maximum absolute atomic E-state index is 9.09. The monoisotopic (exact) mass is 234 g/mol. The molecule has 2 N–H and O–H groups in total. The molecule has 0 aliphatic rings. The Bertz CT molecular complexity index is 450. The average molecular weight is 234 g/mol. The number of nitrogens with one attached hydrogen (secondary N) is 1. The highest BCUT2D eigenvalue weighted by atomic mass is 32.1. The standard InChI is InChI=1S/C12H14N2OS/c1-9-7-16-8-10(9)4-13-5-11-2-3-12(15)6-14-11/h2-3,6-8,13,15H,4-5H2,1H3. The van der Waals surface area contributed by atoms with Crippen molar-refractivity contribution < 1.29 is 5.11 Å². The van der Waals surface area contributed by atoms with Gasteiger partial charge in [-0.2, -0.15) is 11.3 Å². The predicted molar refractivity (Wildman–Crippen MR) is 65.5 cm³/mol. The quantitative estimate of drug-likeness (QED) is 0.854. The van der Waals surface area contributed by atoms with E-state index in [1.54, 1.807) is 17.4 Å². The van der Waals surface area contributed by atoms with E-state index in [0.29, 0.717) is 0 Å². The molecule has 84 valence electrons. The Hall–Kier alpha value is -1.39. The van der Waals surface area contributed by atoms with Crippen molar-refractivity contribution in [2.45, 2.75) is 20.0 Å². The van der Waals surface area contributed by atoms with Crippen molar-refractivity contribution in [2.75, 3.05) is 0 Å². The summed E-state index contributed by atoms with van der Waals surface area (Å²) in [5.74, 6) is 0.206. The Morgan fingerprint density at radius 3 is 2.81 bits per heavy atom. The van der Waals surface area contributed by atoms with E-state index >= 15 is 0 Å². The van der Waals surface area contributed by atoms with Gasteiger partial charge in [0.2, 0.25) is 0 Å². The van der Waals surface area contributed by atoms with Crippen LogP contribution in [-0.4, -0.2) is 10.1 Å². The summed E-state index contributed by atoms with van der Waals surface area (Å²) in [6, 6.07) is 3.47. The second-order valence-corrected chi connectivity index (χ2v) is 4.43. The summed E-state index contributed by atoms with van der Waals surface area (Å²) in [5, 5.41) is 16.7. The van der Waals surface area contributed by atoms with Crippen molar-refractivity contribution in [1.29, 1.82) is 0 Å². The number of thiophene rings is 1. The molecule has 0 saturated carbocycles. The third-order valence-corrected chi connectivity index (χ3v) is 3.30. The molecule has 0 fully saturated rings. The molecule has 2 rings (SSSR count). The molecule has 0 aliphatic carbocycles. The Balaban J connectivity index is 1.84. The molecule has 3 nitrogen and oxygen atoms in total. The van der Waals surface area contributed by atoms with E-state index in [4.69, 9.17) is 5.11 Å². The van der Waals surface area contributed by atoms with Gasteiger partial charge in [-0.25, -0.2) is 0 Å². The Labute approximate surface area is 98.8 Å². The normalized spacial score (nSPS) is 10.6. The summed E-state index contributed by atoms with van der Waals surface area (Å²) < 4.78 is 0. The van der Waals surface area contributed by atoms with Crippen LogP contribution in [0.1, 0.15) is 16.8 Å². The van der Waals surface area contributed by atoms with Crippen molar-refractivity contribution in [3.8, 4) is 5.75 Å². The maximum Gasteiger partial charge on any atom is 0.133 e. The lowest BCUT2D eigenvalue weighted by Gasteiger charge is -2.04. The van der Waals surface area contributed by atoms with Gasteiger partial charge in [-0.1, -0.05) is 0 Å². The molecule has 0 aliphatic heterocycles. The van der Waals surface area contributed by atoms with Gasteiger partial charge in [0, 0.05) is 13.1 Å². The molecule has 0 saturated heterocycles. The minimum absolute atomic E-state index is 0.206. The fourth-order valence-corrected chi connectivity index (χ4v) is 2.27. The summed E-state index contributed by atoms with van der Waals surface area (Å²) >= 11 is 1.73. The first kappa shape index (κ1) is 11.1. The Kier molecular flexibility index (Phi) is 3.54. The molecular weight excluding hydrogens is 220 g/mol. The van der Waals surface area contributed by atoms with Gasteiger partial charge in [0.15, 0.2) is 0 Å². The minimum atomic E-state index is 0.206. The van der Waals surface area contributed by atoms with Gasteiger partial charge in [0.1, 0.15) is 5.75 Å². The molecule has 16 heavy (non-hydrogen) atoms. The number of aromatic nitrogens is 1. The third kappa shape index (κ3) is 2.81. The van der Waals surface area contributed by atoms with Crippen LogP contribution < -0.4 is 5.32 Å². The van der Waals surface area contributed by atoms with Gasteiger partial charge in [0.05, 0.1) is 11.9 Å². The van der Waals surface area contributed by atoms with E-state index in [1.807, 2.05) is 6.07 Å². The van der Waals surface area contributed by atoms with Crippen LogP contribution in [0.25, 0.3) is 0 Å². The third-order valence-electron chi connectivity index (χ3n) is 2.39. The molecule has 0 unspecified atom stereocenters. The molecular formula is C12H14N2OS.